The largest absolute Gasteiger partial charge is 0.497 e. The minimum atomic E-state index is 0. The number of nitrogens with one attached hydrogen (secondary N) is 2. The molecule has 6 nitrogen and oxygen atoms in total. The molecule has 0 aliphatic heterocycles. The summed E-state index contributed by atoms with van der Waals surface area (Å²) in [6.45, 7) is 8.52. The molecule has 29 heavy (non-hydrogen) atoms. The van der Waals surface area contributed by atoms with Crippen LogP contribution >= 0.6 is 35.3 Å². The smallest absolute Gasteiger partial charge is 0.191 e. The highest BCUT2D eigenvalue weighted by Gasteiger charge is 2.15. The Morgan fingerprint density at radius 1 is 1.28 bits per heavy atom. The molecule has 2 rings (SSSR count). The van der Waals surface area contributed by atoms with Gasteiger partial charge in [-0.25, -0.2) is 9.98 Å². The number of hydrogen-bond donors (Lipinski definition) is 2. The van der Waals surface area contributed by atoms with E-state index < -0.39 is 0 Å². The van der Waals surface area contributed by atoms with Crippen LogP contribution in [0.4, 0.5) is 0 Å². The molecular weight excluding hydrogens is 497 g/mol. The maximum absolute atomic E-state index is 5.37. The molecule has 0 saturated carbocycles. The molecule has 2 N–H and O–H groups in total. The third kappa shape index (κ3) is 8.10. The molecule has 0 radical (unpaired) electrons. The van der Waals surface area contributed by atoms with Crippen molar-refractivity contribution in [3.8, 4) is 5.75 Å². The van der Waals surface area contributed by atoms with E-state index in [2.05, 4.69) is 72.9 Å². The van der Waals surface area contributed by atoms with E-state index in [1.165, 1.54) is 5.56 Å². The summed E-state index contributed by atoms with van der Waals surface area (Å²) in [4.78, 5) is 11.6. The number of aromatic nitrogens is 1. The van der Waals surface area contributed by atoms with Crippen molar-refractivity contribution in [3.63, 3.8) is 0 Å². The molecule has 0 amide bonds. The number of benzene rings is 1. The van der Waals surface area contributed by atoms with Crippen molar-refractivity contribution in [3.05, 3.63) is 45.9 Å². The molecule has 162 valence electrons. The average Bonchev–Trinajstić information content (AvgIpc) is 3.15. The van der Waals surface area contributed by atoms with E-state index in [1.807, 2.05) is 12.1 Å². The van der Waals surface area contributed by atoms with Gasteiger partial charge in [-0.3, -0.25) is 0 Å². The molecule has 8 heteroatoms. The number of halogens is 1. The number of methoxy groups -OCH3 is 1. The summed E-state index contributed by atoms with van der Waals surface area (Å²) in [5.74, 6) is 2.12. The number of aliphatic imine (C=N–C) groups is 1. The lowest BCUT2D eigenvalue weighted by Gasteiger charge is -2.26. The Hall–Kier alpha value is -1.39. The number of ether oxygens (including phenoxy) is 1. The summed E-state index contributed by atoms with van der Waals surface area (Å²) in [5.41, 5.74) is 2.34. The van der Waals surface area contributed by atoms with Gasteiger partial charge in [0.25, 0.3) is 0 Å². The number of guanidine groups is 1. The van der Waals surface area contributed by atoms with Gasteiger partial charge in [-0.1, -0.05) is 26.0 Å². The monoisotopic (exact) mass is 531 g/mol. The lowest BCUT2D eigenvalue weighted by atomic mass is 10.1. The Balaban J connectivity index is 0.00000420. The van der Waals surface area contributed by atoms with E-state index in [9.17, 15) is 0 Å². The Labute approximate surface area is 196 Å². The normalized spacial score (nSPS) is 12.6. The van der Waals surface area contributed by atoms with Gasteiger partial charge in [0.05, 0.1) is 25.4 Å². The zero-order chi connectivity index (χ0) is 20.5. The van der Waals surface area contributed by atoms with Crippen LogP contribution in [0, 0.1) is 0 Å². The molecule has 0 spiro atoms. The molecule has 0 fully saturated rings. The minimum absolute atomic E-state index is 0. The third-order valence-corrected chi connectivity index (χ3v) is 5.29. The van der Waals surface area contributed by atoms with Gasteiger partial charge in [0.1, 0.15) is 10.8 Å². The summed E-state index contributed by atoms with van der Waals surface area (Å²) in [7, 11) is 5.86. The van der Waals surface area contributed by atoms with E-state index in [-0.39, 0.29) is 30.0 Å². The lowest BCUT2D eigenvalue weighted by Crippen LogP contribution is -2.41. The van der Waals surface area contributed by atoms with Gasteiger partial charge in [-0.15, -0.1) is 35.3 Å². The van der Waals surface area contributed by atoms with Gasteiger partial charge in [0, 0.05) is 18.5 Å². The standard InChI is InChI=1S/C21H33N5OS.HI/c1-7-22-21(24-13-20-25-18(14-28-20)15(2)3)23-12-19(26(4)5)16-9-8-10-17(11-16)27-6;/h8-11,14-15,19H,7,12-13H2,1-6H3,(H2,22,23,24);1H. The van der Waals surface area contributed by atoms with Crippen molar-refractivity contribution in [1.29, 1.82) is 0 Å². The van der Waals surface area contributed by atoms with Gasteiger partial charge in [0.15, 0.2) is 5.96 Å². The van der Waals surface area contributed by atoms with Crippen molar-refractivity contribution in [2.45, 2.75) is 39.3 Å². The second-order valence-electron chi connectivity index (χ2n) is 7.15. The summed E-state index contributed by atoms with van der Waals surface area (Å²) < 4.78 is 5.37. The Morgan fingerprint density at radius 3 is 2.62 bits per heavy atom. The quantitative estimate of drug-likeness (QED) is 0.288. The fourth-order valence-corrected chi connectivity index (χ4v) is 3.67. The van der Waals surface area contributed by atoms with Crippen LogP contribution in [0.15, 0.2) is 34.6 Å². The van der Waals surface area contributed by atoms with Crippen molar-refractivity contribution in [2.75, 3.05) is 34.3 Å². The zero-order valence-corrected chi connectivity index (χ0v) is 21.4. The van der Waals surface area contributed by atoms with Gasteiger partial charge in [-0.2, -0.15) is 0 Å². The number of likely N-dealkylation sites (N-methyl/N-ethyl adjacent to an activating group) is 1. The first kappa shape index (κ1) is 25.6. The molecule has 0 bridgehead atoms. The summed E-state index contributed by atoms with van der Waals surface area (Å²) in [6.07, 6.45) is 0. The first-order valence-electron chi connectivity index (χ1n) is 9.71. The topological polar surface area (TPSA) is 61.8 Å². The van der Waals surface area contributed by atoms with Crippen molar-refractivity contribution >= 4 is 41.3 Å². The predicted molar refractivity (Wildman–Crippen MR) is 134 cm³/mol. The molecule has 1 unspecified atom stereocenters. The van der Waals surface area contributed by atoms with E-state index in [1.54, 1.807) is 18.4 Å². The highest BCUT2D eigenvalue weighted by molar-refractivity contribution is 14.0. The van der Waals surface area contributed by atoms with E-state index >= 15 is 0 Å². The first-order chi connectivity index (χ1) is 13.4. The Morgan fingerprint density at radius 2 is 2.03 bits per heavy atom. The summed E-state index contributed by atoms with van der Waals surface area (Å²) in [5, 5.41) is 9.96. The van der Waals surface area contributed by atoms with E-state index in [4.69, 9.17) is 9.73 Å². The number of hydrogen-bond acceptors (Lipinski definition) is 5. The highest BCUT2D eigenvalue weighted by atomic mass is 127. The molecule has 2 aromatic rings. The first-order valence-corrected chi connectivity index (χ1v) is 10.6. The van der Waals surface area contributed by atoms with Gasteiger partial charge in [0.2, 0.25) is 0 Å². The van der Waals surface area contributed by atoms with Gasteiger partial charge in [-0.05, 0) is 44.6 Å². The maximum Gasteiger partial charge on any atom is 0.191 e. The molecule has 1 aromatic carbocycles. The van der Waals surface area contributed by atoms with E-state index in [0.29, 0.717) is 12.5 Å². The lowest BCUT2D eigenvalue weighted by molar-refractivity contribution is 0.297. The van der Waals surface area contributed by atoms with Gasteiger partial charge < -0.3 is 20.3 Å². The van der Waals surface area contributed by atoms with Crippen LogP contribution in [0.3, 0.4) is 0 Å². The SMILES string of the molecule is CCNC(=NCc1nc(C(C)C)cs1)NCC(c1cccc(OC)c1)N(C)C.I. The van der Waals surface area contributed by atoms with Crippen LogP contribution in [0.5, 0.6) is 5.75 Å². The summed E-state index contributed by atoms with van der Waals surface area (Å²) >= 11 is 1.67. The van der Waals surface area contributed by atoms with Crippen LogP contribution < -0.4 is 15.4 Å². The second-order valence-corrected chi connectivity index (χ2v) is 8.10. The molecular formula is C21H34IN5OS. The number of rotatable bonds is 9. The third-order valence-electron chi connectivity index (χ3n) is 4.44. The number of nitrogens with zero attached hydrogens (tertiary/aromatic N) is 3. The van der Waals surface area contributed by atoms with Gasteiger partial charge >= 0.3 is 0 Å². The molecule has 0 aliphatic carbocycles. The van der Waals surface area contributed by atoms with Crippen molar-refractivity contribution < 1.29 is 4.74 Å². The minimum Gasteiger partial charge on any atom is -0.497 e. The van der Waals surface area contributed by atoms with Crippen LogP contribution in [0.1, 0.15) is 49.0 Å². The Kier molecular flexibility index (Phi) is 11.5. The fraction of sp³-hybridized carbons (Fsp3) is 0.524. The second kappa shape index (κ2) is 13.0. The molecule has 0 saturated heterocycles. The van der Waals surface area contributed by atoms with Crippen LogP contribution in [-0.2, 0) is 6.54 Å². The average molecular weight is 532 g/mol. The van der Waals surface area contributed by atoms with E-state index in [0.717, 1.165) is 35.5 Å². The van der Waals surface area contributed by atoms with Crippen molar-refractivity contribution in [2.24, 2.45) is 4.99 Å². The van der Waals surface area contributed by atoms with Crippen LogP contribution in [0.2, 0.25) is 0 Å². The number of thiazole rings is 1. The van der Waals surface area contributed by atoms with Crippen LogP contribution in [-0.4, -0.2) is 50.1 Å². The molecule has 1 heterocycles. The maximum atomic E-state index is 5.37. The highest BCUT2D eigenvalue weighted by Crippen LogP contribution is 2.22. The molecule has 1 atom stereocenters. The molecule has 1 aromatic heterocycles. The predicted octanol–water partition coefficient (Wildman–Crippen LogP) is 4.25. The van der Waals surface area contributed by atoms with Crippen molar-refractivity contribution in [1.82, 2.24) is 20.5 Å². The molecule has 0 aliphatic rings. The van der Waals surface area contributed by atoms with Crippen LogP contribution in [0.25, 0.3) is 0 Å². The summed E-state index contributed by atoms with van der Waals surface area (Å²) in [6, 6.07) is 8.40. The zero-order valence-electron chi connectivity index (χ0n) is 18.2. The fourth-order valence-electron chi connectivity index (χ4n) is 2.79. The Bertz CT molecular complexity index is 763.